The molecule has 0 radical (unpaired) electrons. The minimum absolute atomic E-state index is 0.109. The standard InChI is InChI=1S/C17H12O2/c18-15-11-14(12-7-3-1-4-8-12)17(19)16(15)13-9-5-2-6-10-13/h1-11,16H. The molecule has 19 heavy (non-hydrogen) atoms. The summed E-state index contributed by atoms with van der Waals surface area (Å²) in [6, 6.07) is 18.5. The first-order valence-electron chi connectivity index (χ1n) is 6.17. The molecule has 0 bridgehead atoms. The number of ketones is 2. The van der Waals surface area contributed by atoms with Gasteiger partial charge in [-0.25, -0.2) is 0 Å². The molecule has 0 aliphatic heterocycles. The van der Waals surface area contributed by atoms with Crippen molar-refractivity contribution in [2.24, 2.45) is 0 Å². The van der Waals surface area contributed by atoms with Gasteiger partial charge in [0.2, 0.25) is 0 Å². The van der Waals surface area contributed by atoms with Gasteiger partial charge in [-0.1, -0.05) is 60.7 Å². The van der Waals surface area contributed by atoms with Gasteiger partial charge in [0.05, 0.1) is 0 Å². The first kappa shape index (κ1) is 11.6. The van der Waals surface area contributed by atoms with Gasteiger partial charge in [0.25, 0.3) is 0 Å². The summed E-state index contributed by atoms with van der Waals surface area (Å²) in [4.78, 5) is 24.5. The highest BCUT2D eigenvalue weighted by Crippen LogP contribution is 2.32. The molecule has 0 spiro atoms. The molecule has 1 aliphatic carbocycles. The highest BCUT2D eigenvalue weighted by atomic mass is 16.2. The number of carbonyl (C=O) groups excluding carboxylic acids is 2. The molecular weight excluding hydrogens is 236 g/mol. The number of hydrogen-bond donors (Lipinski definition) is 0. The van der Waals surface area contributed by atoms with Crippen LogP contribution in [-0.4, -0.2) is 11.6 Å². The zero-order valence-electron chi connectivity index (χ0n) is 10.2. The summed E-state index contributed by atoms with van der Waals surface area (Å²) < 4.78 is 0. The predicted molar refractivity (Wildman–Crippen MR) is 73.6 cm³/mol. The van der Waals surface area contributed by atoms with Crippen molar-refractivity contribution in [2.75, 3.05) is 0 Å². The van der Waals surface area contributed by atoms with E-state index in [0.29, 0.717) is 5.57 Å². The van der Waals surface area contributed by atoms with Crippen LogP contribution < -0.4 is 0 Å². The van der Waals surface area contributed by atoms with Crippen LogP contribution in [0.5, 0.6) is 0 Å². The van der Waals surface area contributed by atoms with E-state index < -0.39 is 5.92 Å². The van der Waals surface area contributed by atoms with Crippen molar-refractivity contribution in [3.8, 4) is 0 Å². The van der Waals surface area contributed by atoms with Crippen molar-refractivity contribution >= 4 is 17.1 Å². The molecule has 3 rings (SSSR count). The fraction of sp³-hybridized carbons (Fsp3) is 0.0588. The summed E-state index contributed by atoms with van der Waals surface area (Å²) in [5.74, 6) is -0.908. The largest absolute Gasteiger partial charge is 0.294 e. The van der Waals surface area contributed by atoms with Crippen molar-refractivity contribution in [1.82, 2.24) is 0 Å². The third-order valence-electron chi connectivity index (χ3n) is 3.32. The van der Waals surface area contributed by atoms with Crippen molar-refractivity contribution < 1.29 is 9.59 Å². The molecule has 0 fully saturated rings. The van der Waals surface area contributed by atoms with Crippen LogP contribution >= 0.6 is 0 Å². The Morgan fingerprint density at radius 3 is 1.95 bits per heavy atom. The Kier molecular flexibility index (Phi) is 2.84. The summed E-state index contributed by atoms with van der Waals surface area (Å²) in [6.07, 6.45) is 1.47. The van der Waals surface area contributed by atoms with E-state index in [1.54, 1.807) is 0 Å². The minimum Gasteiger partial charge on any atom is -0.294 e. The van der Waals surface area contributed by atoms with Crippen LogP contribution in [0.3, 0.4) is 0 Å². The van der Waals surface area contributed by atoms with Crippen molar-refractivity contribution in [3.63, 3.8) is 0 Å². The molecule has 2 heteroatoms. The van der Waals surface area contributed by atoms with E-state index in [-0.39, 0.29) is 11.6 Å². The summed E-state index contributed by atoms with van der Waals surface area (Å²) in [7, 11) is 0. The van der Waals surface area contributed by atoms with Crippen LogP contribution in [0.4, 0.5) is 0 Å². The predicted octanol–water partition coefficient (Wildman–Crippen LogP) is 3.01. The second kappa shape index (κ2) is 4.65. The van der Waals surface area contributed by atoms with Crippen LogP contribution in [0.25, 0.3) is 5.57 Å². The Bertz CT molecular complexity index is 654. The van der Waals surface area contributed by atoms with Gasteiger partial charge in [0.15, 0.2) is 11.6 Å². The molecule has 92 valence electrons. The lowest BCUT2D eigenvalue weighted by molar-refractivity contribution is -0.122. The van der Waals surface area contributed by atoms with Gasteiger partial charge in [-0.2, -0.15) is 0 Å². The Labute approximate surface area is 111 Å². The molecule has 0 aromatic heterocycles. The van der Waals surface area contributed by atoms with Gasteiger partial charge in [-0.05, 0) is 17.2 Å². The van der Waals surface area contributed by atoms with Gasteiger partial charge < -0.3 is 0 Å². The molecule has 2 nitrogen and oxygen atoms in total. The molecule has 2 aromatic carbocycles. The highest BCUT2D eigenvalue weighted by Gasteiger charge is 2.35. The Morgan fingerprint density at radius 1 is 0.737 bits per heavy atom. The van der Waals surface area contributed by atoms with E-state index in [1.165, 1.54) is 6.08 Å². The van der Waals surface area contributed by atoms with E-state index >= 15 is 0 Å². The minimum atomic E-state index is -0.670. The van der Waals surface area contributed by atoms with E-state index in [1.807, 2.05) is 60.7 Å². The van der Waals surface area contributed by atoms with E-state index in [4.69, 9.17) is 0 Å². The molecule has 0 saturated carbocycles. The number of carbonyl (C=O) groups is 2. The van der Waals surface area contributed by atoms with E-state index in [9.17, 15) is 9.59 Å². The molecule has 0 saturated heterocycles. The third kappa shape index (κ3) is 2.02. The van der Waals surface area contributed by atoms with Crippen LogP contribution in [-0.2, 0) is 9.59 Å². The van der Waals surface area contributed by atoms with Crippen molar-refractivity contribution in [3.05, 3.63) is 77.9 Å². The zero-order chi connectivity index (χ0) is 13.2. The lowest BCUT2D eigenvalue weighted by Crippen LogP contribution is -2.14. The summed E-state index contributed by atoms with van der Waals surface area (Å²) >= 11 is 0. The average Bonchev–Trinajstić information content (AvgIpc) is 2.76. The monoisotopic (exact) mass is 248 g/mol. The van der Waals surface area contributed by atoms with Crippen LogP contribution in [0.15, 0.2) is 66.7 Å². The second-order valence-corrected chi connectivity index (χ2v) is 4.53. The number of hydrogen-bond acceptors (Lipinski definition) is 2. The average molecular weight is 248 g/mol. The topological polar surface area (TPSA) is 34.1 Å². The second-order valence-electron chi connectivity index (χ2n) is 4.53. The van der Waals surface area contributed by atoms with Gasteiger partial charge in [0, 0.05) is 5.57 Å². The molecule has 1 aliphatic rings. The maximum absolute atomic E-state index is 12.4. The Hall–Kier alpha value is -2.48. The number of Topliss-reactive ketones (excluding diaryl/α,β-unsaturated/α-hetero) is 1. The first-order valence-corrected chi connectivity index (χ1v) is 6.17. The molecular formula is C17H12O2. The molecule has 0 amide bonds. The number of allylic oxidation sites excluding steroid dienone is 2. The van der Waals surface area contributed by atoms with Crippen LogP contribution in [0.2, 0.25) is 0 Å². The Balaban J connectivity index is 1.99. The number of benzene rings is 2. The number of rotatable bonds is 2. The van der Waals surface area contributed by atoms with Crippen molar-refractivity contribution in [2.45, 2.75) is 5.92 Å². The Morgan fingerprint density at radius 2 is 1.32 bits per heavy atom. The SMILES string of the molecule is O=C1C=C(c2ccccc2)C(=O)C1c1ccccc1. The van der Waals surface area contributed by atoms with Crippen molar-refractivity contribution in [1.29, 1.82) is 0 Å². The van der Waals surface area contributed by atoms with Gasteiger partial charge in [-0.15, -0.1) is 0 Å². The van der Waals surface area contributed by atoms with Gasteiger partial charge in [0.1, 0.15) is 5.92 Å². The summed E-state index contributed by atoms with van der Waals surface area (Å²) in [5.41, 5.74) is 2.08. The molecule has 1 unspecified atom stereocenters. The lowest BCUT2D eigenvalue weighted by Gasteiger charge is -2.08. The van der Waals surface area contributed by atoms with Gasteiger partial charge in [-0.3, -0.25) is 9.59 Å². The maximum Gasteiger partial charge on any atom is 0.178 e. The zero-order valence-corrected chi connectivity index (χ0v) is 10.2. The molecule has 1 atom stereocenters. The quantitative estimate of drug-likeness (QED) is 0.765. The molecule has 0 N–H and O–H groups in total. The third-order valence-corrected chi connectivity index (χ3v) is 3.32. The molecule has 0 heterocycles. The fourth-order valence-electron chi connectivity index (χ4n) is 2.39. The summed E-state index contributed by atoms with van der Waals surface area (Å²) in [6.45, 7) is 0. The first-order chi connectivity index (χ1) is 9.27. The van der Waals surface area contributed by atoms with Crippen LogP contribution in [0, 0.1) is 0 Å². The summed E-state index contributed by atoms with van der Waals surface area (Å²) in [5, 5.41) is 0. The van der Waals surface area contributed by atoms with Gasteiger partial charge >= 0.3 is 0 Å². The fourth-order valence-corrected chi connectivity index (χ4v) is 2.39. The molecule has 2 aromatic rings. The smallest absolute Gasteiger partial charge is 0.178 e. The maximum atomic E-state index is 12.4. The lowest BCUT2D eigenvalue weighted by atomic mass is 9.92. The van der Waals surface area contributed by atoms with Crippen LogP contribution in [0.1, 0.15) is 17.0 Å². The normalized spacial score (nSPS) is 18.5. The van der Waals surface area contributed by atoms with E-state index in [0.717, 1.165) is 11.1 Å². The highest BCUT2D eigenvalue weighted by molar-refractivity contribution is 6.39. The van der Waals surface area contributed by atoms with E-state index in [2.05, 4.69) is 0 Å².